The van der Waals surface area contributed by atoms with Crippen LogP contribution in [0.25, 0.3) is 0 Å². The molecule has 0 aromatic heterocycles. The zero-order valence-electron chi connectivity index (χ0n) is 12.0. The first kappa shape index (κ1) is 14.4. The molecule has 4 heteroatoms. The highest BCUT2D eigenvalue weighted by atomic mass is 79.9. The van der Waals surface area contributed by atoms with Crippen molar-refractivity contribution in [1.82, 2.24) is 5.32 Å². The van der Waals surface area contributed by atoms with Gasteiger partial charge in [-0.25, -0.2) is 0 Å². The van der Waals surface area contributed by atoms with Crippen LogP contribution in [-0.4, -0.2) is 26.4 Å². The van der Waals surface area contributed by atoms with Crippen molar-refractivity contribution in [3.05, 3.63) is 27.7 Å². The van der Waals surface area contributed by atoms with Gasteiger partial charge in [0.05, 0.1) is 12.7 Å². The van der Waals surface area contributed by atoms with Crippen LogP contribution >= 0.6 is 15.9 Å². The molecule has 0 spiro atoms. The maximum absolute atomic E-state index is 5.85. The standard InChI is InChI=1S/C16H22BrNO2/c1-18-15(5-4-13-3-2-7-19-13)14-10-12(17)9-11-6-8-20-16(11)14/h9-10,13,15,18H,2-8H2,1H3. The number of halogens is 1. The summed E-state index contributed by atoms with van der Waals surface area (Å²) in [5, 5.41) is 3.44. The maximum atomic E-state index is 5.85. The van der Waals surface area contributed by atoms with Gasteiger partial charge in [-0.05, 0) is 50.4 Å². The highest BCUT2D eigenvalue weighted by Crippen LogP contribution is 2.38. The van der Waals surface area contributed by atoms with Crippen LogP contribution in [0.3, 0.4) is 0 Å². The van der Waals surface area contributed by atoms with Gasteiger partial charge in [-0.1, -0.05) is 15.9 Å². The third-order valence-electron chi connectivity index (χ3n) is 4.30. The molecule has 2 aliphatic heterocycles. The van der Waals surface area contributed by atoms with Gasteiger partial charge < -0.3 is 14.8 Å². The van der Waals surface area contributed by atoms with Gasteiger partial charge in [0.25, 0.3) is 0 Å². The van der Waals surface area contributed by atoms with Crippen molar-refractivity contribution < 1.29 is 9.47 Å². The molecule has 110 valence electrons. The lowest BCUT2D eigenvalue weighted by atomic mass is 9.96. The van der Waals surface area contributed by atoms with E-state index in [-0.39, 0.29) is 0 Å². The van der Waals surface area contributed by atoms with Crippen LogP contribution in [0.1, 0.15) is 42.9 Å². The predicted molar refractivity (Wildman–Crippen MR) is 83.3 cm³/mol. The quantitative estimate of drug-likeness (QED) is 0.888. The zero-order valence-corrected chi connectivity index (χ0v) is 13.5. The van der Waals surface area contributed by atoms with E-state index in [1.807, 2.05) is 7.05 Å². The first-order valence-corrected chi connectivity index (χ1v) is 8.31. The summed E-state index contributed by atoms with van der Waals surface area (Å²) in [6.07, 6.45) is 6.10. The lowest BCUT2D eigenvalue weighted by Gasteiger charge is -2.21. The number of rotatable bonds is 5. The minimum Gasteiger partial charge on any atom is -0.493 e. The summed E-state index contributed by atoms with van der Waals surface area (Å²) >= 11 is 3.62. The van der Waals surface area contributed by atoms with E-state index in [2.05, 4.69) is 33.4 Å². The number of benzene rings is 1. The van der Waals surface area contributed by atoms with E-state index in [0.717, 1.165) is 42.7 Å². The van der Waals surface area contributed by atoms with Gasteiger partial charge in [0.2, 0.25) is 0 Å². The van der Waals surface area contributed by atoms with Gasteiger partial charge in [0.1, 0.15) is 5.75 Å². The molecule has 3 nitrogen and oxygen atoms in total. The van der Waals surface area contributed by atoms with Crippen molar-refractivity contribution in [3.8, 4) is 5.75 Å². The number of hydrogen-bond acceptors (Lipinski definition) is 3. The van der Waals surface area contributed by atoms with Crippen molar-refractivity contribution in [1.29, 1.82) is 0 Å². The van der Waals surface area contributed by atoms with Crippen LogP contribution in [-0.2, 0) is 11.2 Å². The second kappa shape index (κ2) is 6.46. The average molecular weight is 340 g/mol. The number of ether oxygens (including phenoxy) is 2. The highest BCUT2D eigenvalue weighted by Gasteiger charge is 2.24. The fraction of sp³-hybridized carbons (Fsp3) is 0.625. The zero-order chi connectivity index (χ0) is 13.9. The van der Waals surface area contributed by atoms with Gasteiger partial charge in [-0.3, -0.25) is 0 Å². The fourth-order valence-electron chi connectivity index (χ4n) is 3.24. The van der Waals surface area contributed by atoms with Crippen molar-refractivity contribution in [2.24, 2.45) is 0 Å². The van der Waals surface area contributed by atoms with E-state index in [1.165, 1.54) is 24.0 Å². The summed E-state index contributed by atoms with van der Waals surface area (Å²) in [6, 6.07) is 4.71. The molecule has 0 amide bonds. The molecule has 2 heterocycles. The Hall–Kier alpha value is -0.580. The molecular formula is C16H22BrNO2. The second-order valence-corrected chi connectivity index (χ2v) is 6.55. The summed E-state index contributed by atoms with van der Waals surface area (Å²) < 4.78 is 12.7. The number of nitrogens with one attached hydrogen (secondary N) is 1. The minimum atomic E-state index is 0.337. The Morgan fingerprint density at radius 1 is 1.40 bits per heavy atom. The van der Waals surface area contributed by atoms with E-state index >= 15 is 0 Å². The maximum Gasteiger partial charge on any atom is 0.127 e. The van der Waals surface area contributed by atoms with E-state index in [4.69, 9.17) is 9.47 Å². The Balaban J connectivity index is 1.75. The summed E-state index contributed by atoms with van der Waals surface area (Å²) in [5.74, 6) is 1.10. The lowest BCUT2D eigenvalue weighted by Crippen LogP contribution is -2.19. The largest absolute Gasteiger partial charge is 0.493 e. The van der Waals surface area contributed by atoms with Crippen LogP contribution in [0.5, 0.6) is 5.75 Å². The molecule has 1 N–H and O–H groups in total. The summed E-state index contributed by atoms with van der Waals surface area (Å²) in [4.78, 5) is 0. The molecule has 0 radical (unpaired) electrons. The van der Waals surface area contributed by atoms with Crippen LogP contribution in [0.4, 0.5) is 0 Å². The van der Waals surface area contributed by atoms with Gasteiger partial charge in [0.15, 0.2) is 0 Å². The Bertz CT molecular complexity index is 472. The van der Waals surface area contributed by atoms with Crippen molar-refractivity contribution in [2.45, 2.75) is 44.2 Å². The smallest absolute Gasteiger partial charge is 0.127 e. The Labute approximate surface area is 129 Å². The molecule has 1 aromatic carbocycles. The van der Waals surface area contributed by atoms with E-state index in [0.29, 0.717) is 12.1 Å². The van der Waals surface area contributed by atoms with E-state index < -0.39 is 0 Å². The summed E-state index contributed by atoms with van der Waals surface area (Å²) in [6.45, 7) is 1.74. The molecule has 0 bridgehead atoms. The molecule has 2 atom stereocenters. The summed E-state index contributed by atoms with van der Waals surface area (Å²) in [5.41, 5.74) is 2.61. The Kier molecular flexibility index (Phi) is 4.64. The van der Waals surface area contributed by atoms with E-state index in [9.17, 15) is 0 Å². The number of hydrogen-bond donors (Lipinski definition) is 1. The van der Waals surface area contributed by atoms with Crippen LogP contribution in [0.15, 0.2) is 16.6 Å². The molecule has 1 saturated heterocycles. The van der Waals surface area contributed by atoms with Gasteiger partial charge in [-0.2, -0.15) is 0 Å². The molecule has 0 aliphatic carbocycles. The molecular weight excluding hydrogens is 318 g/mol. The third-order valence-corrected chi connectivity index (χ3v) is 4.76. The first-order valence-electron chi connectivity index (χ1n) is 7.52. The molecule has 2 unspecified atom stereocenters. The average Bonchev–Trinajstić information content (AvgIpc) is 3.09. The van der Waals surface area contributed by atoms with Gasteiger partial charge >= 0.3 is 0 Å². The van der Waals surface area contributed by atoms with Crippen LogP contribution < -0.4 is 10.1 Å². The van der Waals surface area contributed by atoms with Crippen LogP contribution in [0, 0.1) is 0 Å². The first-order chi connectivity index (χ1) is 9.78. The topological polar surface area (TPSA) is 30.5 Å². The highest BCUT2D eigenvalue weighted by molar-refractivity contribution is 9.10. The molecule has 20 heavy (non-hydrogen) atoms. The molecule has 0 saturated carbocycles. The molecule has 2 aliphatic rings. The minimum absolute atomic E-state index is 0.337. The predicted octanol–water partition coefficient (Wildman–Crippen LogP) is 3.60. The van der Waals surface area contributed by atoms with Crippen molar-refractivity contribution in [2.75, 3.05) is 20.3 Å². The third kappa shape index (κ3) is 3.02. The Morgan fingerprint density at radius 2 is 2.30 bits per heavy atom. The summed E-state index contributed by atoms with van der Waals surface area (Å²) in [7, 11) is 2.03. The molecule has 1 fully saturated rings. The SMILES string of the molecule is CNC(CCC1CCCO1)c1cc(Br)cc2c1OCC2. The van der Waals surface area contributed by atoms with Gasteiger partial charge in [0, 0.05) is 29.1 Å². The van der Waals surface area contributed by atoms with Crippen molar-refractivity contribution >= 4 is 15.9 Å². The number of fused-ring (bicyclic) bond motifs is 1. The normalized spacial score (nSPS) is 22.6. The Morgan fingerprint density at radius 3 is 3.05 bits per heavy atom. The second-order valence-electron chi connectivity index (χ2n) is 5.64. The molecule has 1 aromatic rings. The van der Waals surface area contributed by atoms with E-state index in [1.54, 1.807) is 0 Å². The molecule has 3 rings (SSSR count). The van der Waals surface area contributed by atoms with Crippen LogP contribution in [0.2, 0.25) is 0 Å². The monoisotopic (exact) mass is 339 g/mol. The van der Waals surface area contributed by atoms with Crippen molar-refractivity contribution in [3.63, 3.8) is 0 Å². The van der Waals surface area contributed by atoms with Gasteiger partial charge in [-0.15, -0.1) is 0 Å². The lowest BCUT2D eigenvalue weighted by molar-refractivity contribution is 0.0997. The fourth-order valence-corrected chi connectivity index (χ4v) is 3.76.